The van der Waals surface area contributed by atoms with Gasteiger partial charge in [0, 0.05) is 19.6 Å². The summed E-state index contributed by atoms with van der Waals surface area (Å²) >= 11 is 6.47. The quantitative estimate of drug-likeness (QED) is 0.359. The Balaban J connectivity index is 1.41. The third-order valence-electron chi connectivity index (χ3n) is 7.54. The van der Waals surface area contributed by atoms with E-state index in [4.69, 9.17) is 21.3 Å². The fourth-order valence-corrected chi connectivity index (χ4v) is 6.00. The number of rotatable bonds is 4. The van der Waals surface area contributed by atoms with E-state index in [1.807, 2.05) is 39.8 Å². The molecule has 3 aromatic heterocycles. The number of para-hydroxylation sites is 1. The summed E-state index contributed by atoms with van der Waals surface area (Å²) in [5, 5.41) is 11.6. The molecule has 0 amide bonds. The highest BCUT2D eigenvalue weighted by Crippen LogP contribution is 2.38. The van der Waals surface area contributed by atoms with E-state index >= 15 is 0 Å². The topological polar surface area (TPSA) is 111 Å². The molecule has 2 aliphatic rings. The van der Waals surface area contributed by atoms with Crippen molar-refractivity contribution in [1.82, 2.24) is 29.1 Å². The summed E-state index contributed by atoms with van der Waals surface area (Å²) in [6.45, 7) is 1.01. The third-order valence-corrected chi connectivity index (χ3v) is 7.86. The molecule has 1 unspecified atom stereocenters. The van der Waals surface area contributed by atoms with Crippen LogP contribution in [0.5, 0.6) is 0 Å². The Bertz CT molecular complexity index is 1730. The van der Waals surface area contributed by atoms with Crippen molar-refractivity contribution in [2.45, 2.75) is 44.1 Å². The zero-order valence-electron chi connectivity index (χ0n) is 21.0. The summed E-state index contributed by atoms with van der Waals surface area (Å²) < 4.78 is 9.53. The SMILES string of the molecule is O=c1c2c(Cl)cccc2nc([C@@H]2C[C@H](O)CN2c2ncnc3c2ncn3C2CCCCO2)n1-c1ccccc1. The Kier molecular flexibility index (Phi) is 6.03. The van der Waals surface area contributed by atoms with Gasteiger partial charge >= 0.3 is 0 Å². The normalized spacial score (nSPS) is 21.7. The number of anilines is 1. The maximum atomic E-state index is 13.9. The van der Waals surface area contributed by atoms with Crippen molar-refractivity contribution < 1.29 is 9.84 Å². The molecule has 2 aliphatic heterocycles. The molecular formula is C28H26ClN7O3. The Morgan fingerprint density at radius 3 is 2.72 bits per heavy atom. The summed E-state index contributed by atoms with van der Waals surface area (Å²) in [4.78, 5) is 34.7. The minimum absolute atomic E-state index is 0.123. The molecule has 5 heterocycles. The summed E-state index contributed by atoms with van der Waals surface area (Å²) in [6, 6.07) is 14.2. The molecule has 2 saturated heterocycles. The Morgan fingerprint density at radius 1 is 1.03 bits per heavy atom. The van der Waals surface area contributed by atoms with E-state index in [-0.39, 0.29) is 11.8 Å². The van der Waals surface area contributed by atoms with Gasteiger partial charge in [-0.05, 0) is 43.5 Å². The zero-order chi connectivity index (χ0) is 26.5. The fourth-order valence-electron chi connectivity index (χ4n) is 5.75. The molecule has 10 nitrogen and oxygen atoms in total. The lowest BCUT2D eigenvalue weighted by molar-refractivity contribution is -0.0298. The minimum Gasteiger partial charge on any atom is -0.391 e. The zero-order valence-corrected chi connectivity index (χ0v) is 21.8. The molecule has 0 bridgehead atoms. The summed E-state index contributed by atoms with van der Waals surface area (Å²) in [7, 11) is 0. The number of hydrogen-bond donors (Lipinski definition) is 1. The van der Waals surface area contributed by atoms with Crippen molar-refractivity contribution in [3.05, 3.63) is 82.4 Å². The number of aromatic nitrogens is 6. The number of hydrogen-bond acceptors (Lipinski definition) is 8. The smallest absolute Gasteiger partial charge is 0.267 e. The van der Waals surface area contributed by atoms with E-state index in [0.717, 1.165) is 19.3 Å². The van der Waals surface area contributed by atoms with Gasteiger partial charge in [0.25, 0.3) is 5.56 Å². The van der Waals surface area contributed by atoms with Gasteiger partial charge in [-0.2, -0.15) is 0 Å². The molecule has 3 atom stereocenters. The van der Waals surface area contributed by atoms with Gasteiger partial charge in [0.1, 0.15) is 18.4 Å². The van der Waals surface area contributed by atoms with Crippen LogP contribution in [0.25, 0.3) is 27.8 Å². The predicted molar refractivity (Wildman–Crippen MR) is 147 cm³/mol. The number of halogens is 1. The van der Waals surface area contributed by atoms with E-state index in [9.17, 15) is 9.90 Å². The molecule has 0 saturated carbocycles. The first-order valence-electron chi connectivity index (χ1n) is 13.1. The van der Waals surface area contributed by atoms with Crippen molar-refractivity contribution in [1.29, 1.82) is 0 Å². The van der Waals surface area contributed by atoms with E-state index in [1.165, 1.54) is 6.33 Å². The second kappa shape index (κ2) is 9.71. The van der Waals surface area contributed by atoms with Crippen LogP contribution in [0.4, 0.5) is 5.82 Å². The highest BCUT2D eigenvalue weighted by molar-refractivity contribution is 6.35. The van der Waals surface area contributed by atoms with Gasteiger partial charge in [0.05, 0.1) is 40.1 Å². The first kappa shape index (κ1) is 24.2. The molecule has 198 valence electrons. The molecular weight excluding hydrogens is 518 g/mol. The van der Waals surface area contributed by atoms with Crippen LogP contribution in [0.2, 0.25) is 5.02 Å². The van der Waals surface area contributed by atoms with Crippen LogP contribution in [0.3, 0.4) is 0 Å². The number of ether oxygens (including phenoxy) is 1. The second-order valence-electron chi connectivity index (χ2n) is 9.98. The van der Waals surface area contributed by atoms with E-state index in [0.29, 0.717) is 64.0 Å². The van der Waals surface area contributed by atoms with Crippen LogP contribution in [-0.4, -0.2) is 53.4 Å². The van der Waals surface area contributed by atoms with Crippen molar-refractivity contribution in [2.24, 2.45) is 0 Å². The van der Waals surface area contributed by atoms with Crippen molar-refractivity contribution in [3.8, 4) is 5.69 Å². The molecule has 11 heteroatoms. The number of benzene rings is 2. The van der Waals surface area contributed by atoms with Gasteiger partial charge in [0.2, 0.25) is 0 Å². The van der Waals surface area contributed by atoms with Crippen molar-refractivity contribution in [3.63, 3.8) is 0 Å². The van der Waals surface area contributed by atoms with Crippen LogP contribution in [0, 0.1) is 0 Å². The predicted octanol–water partition coefficient (Wildman–Crippen LogP) is 4.19. The number of aliphatic hydroxyl groups excluding tert-OH is 1. The molecule has 0 radical (unpaired) electrons. The highest BCUT2D eigenvalue weighted by atomic mass is 35.5. The number of nitrogens with zero attached hydrogens (tertiary/aromatic N) is 7. The lowest BCUT2D eigenvalue weighted by atomic mass is 10.1. The van der Waals surface area contributed by atoms with E-state index in [1.54, 1.807) is 29.1 Å². The van der Waals surface area contributed by atoms with Crippen molar-refractivity contribution >= 4 is 39.5 Å². The third kappa shape index (κ3) is 4.07. The van der Waals surface area contributed by atoms with Gasteiger partial charge in [-0.1, -0.05) is 35.9 Å². The fraction of sp³-hybridized carbons (Fsp3) is 0.321. The summed E-state index contributed by atoms with van der Waals surface area (Å²) in [5.41, 5.74) is 2.19. The van der Waals surface area contributed by atoms with Gasteiger partial charge in [0.15, 0.2) is 17.0 Å². The summed E-state index contributed by atoms with van der Waals surface area (Å²) in [5.74, 6) is 1.08. The van der Waals surface area contributed by atoms with Crippen molar-refractivity contribution in [2.75, 3.05) is 18.1 Å². The molecule has 2 aromatic carbocycles. The monoisotopic (exact) mass is 543 g/mol. The average Bonchev–Trinajstić information content (AvgIpc) is 3.57. The van der Waals surface area contributed by atoms with Crippen LogP contribution >= 0.6 is 11.6 Å². The van der Waals surface area contributed by atoms with E-state index in [2.05, 4.69) is 15.0 Å². The van der Waals surface area contributed by atoms with Crippen LogP contribution < -0.4 is 10.5 Å². The van der Waals surface area contributed by atoms with Crippen LogP contribution in [-0.2, 0) is 4.74 Å². The lowest BCUT2D eigenvalue weighted by Crippen LogP contribution is -2.32. The lowest BCUT2D eigenvalue weighted by Gasteiger charge is -2.27. The molecule has 2 fully saturated rings. The van der Waals surface area contributed by atoms with Gasteiger partial charge < -0.3 is 14.7 Å². The largest absolute Gasteiger partial charge is 0.391 e. The summed E-state index contributed by atoms with van der Waals surface area (Å²) in [6.07, 6.45) is 5.86. The van der Waals surface area contributed by atoms with Gasteiger partial charge in [-0.25, -0.2) is 19.9 Å². The van der Waals surface area contributed by atoms with Crippen LogP contribution in [0.15, 0.2) is 66.0 Å². The molecule has 0 spiro atoms. The molecule has 7 rings (SSSR count). The Morgan fingerprint density at radius 2 is 1.90 bits per heavy atom. The van der Waals surface area contributed by atoms with Gasteiger partial charge in [-0.15, -0.1) is 0 Å². The van der Waals surface area contributed by atoms with Crippen LogP contribution in [0.1, 0.15) is 43.8 Å². The maximum Gasteiger partial charge on any atom is 0.267 e. The molecule has 1 N–H and O–H groups in total. The number of fused-ring (bicyclic) bond motifs is 2. The average molecular weight is 544 g/mol. The standard InChI is InChI=1S/C28H26ClN7O3/c29-19-9-6-10-20-23(19)28(38)36(17-7-2-1-3-8-17)25(33-20)21-13-18(37)14-34(21)26-24-27(31-15-30-26)35(16-32-24)22-11-4-5-12-39-22/h1-3,6-10,15-16,18,21-22,37H,4-5,11-14H2/t18-,21-,22?/m0/s1. The minimum atomic E-state index is -0.653. The first-order valence-corrected chi connectivity index (χ1v) is 13.5. The molecule has 5 aromatic rings. The number of imidazole rings is 1. The first-order chi connectivity index (χ1) is 19.1. The Hall–Kier alpha value is -3.86. The molecule has 39 heavy (non-hydrogen) atoms. The Labute approximate surface area is 228 Å². The number of β-amino-alcohol motifs (C(OH)–C–C–N with tert-alkyl or cyclic N) is 1. The van der Waals surface area contributed by atoms with Gasteiger partial charge in [-0.3, -0.25) is 13.9 Å². The van der Waals surface area contributed by atoms with E-state index < -0.39 is 12.1 Å². The molecule has 0 aliphatic carbocycles. The highest BCUT2D eigenvalue weighted by Gasteiger charge is 2.38. The maximum absolute atomic E-state index is 13.9. The number of aliphatic hydroxyl groups is 1. The second-order valence-corrected chi connectivity index (χ2v) is 10.4.